The quantitative estimate of drug-likeness (QED) is 0.784. The van der Waals surface area contributed by atoms with E-state index in [1.807, 2.05) is 18.2 Å². The lowest BCUT2D eigenvalue weighted by Gasteiger charge is -2.34. The van der Waals surface area contributed by atoms with Gasteiger partial charge in [0.2, 0.25) is 0 Å². The summed E-state index contributed by atoms with van der Waals surface area (Å²) in [6, 6.07) is 11.6. The van der Waals surface area contributed by atoms with Crippen molar-refractivity contribution < 1.29 is 9.53 Å². The van der Waals surface area contributed by atoms with Gasteiger partial charge in [-0.2, -0.15) is 0 Å². The highest BCUT2D eigenvalue weighted by molar-refractivity contribution is 6.03. The summed E-state index contributed by atoms with van der Waals surface area (Å²) >= 11 is 0. The van der Waals surface area contributed by atoms with Gasteiger partial charge in [-0.25, -0.2) is 4.98 Å². The maximum atomic E-state index is 12.5. The molecule has 0 bridgehead atoms. The molecule has 2 aliphatic rings. The fourth-order valence-electron chi connectivity index (χ4n) is 3.69. The highest BCUT2D eigenvalue weighted by Crippen LogP contribution is 2.20. The highest BCUT2D eigenvalue weighted by atomic mass is 16.5. The number of likely N-dealkylation sites (N-methyl/N-ethyl adjacent to an activating group) is 1. The van der Waals surface area contributed by atoms with E-state index in [2.05, 4.69) is 44.6 Å². The first-order valence-electron chi connectivity index (χ1n) is 10.3. The van der Waals surface area contributed by atoms with Crippen molar-refractivity contribution in [3.05, 3.63) is 48.3 Å². The van der Waals surface area contributed by atoms with E-state index >= 15 is 0 Å². The molecule has 3 heterocycles. The molecule has 0 radical (unpaired) electrons. The van der Waals surface area contributed by atoms with Gasteiger partial charge in [-0.05, 0) is 56.3 Å². The maximum absolute atomic E-state index is 12.5. The Bertz CT molecular complexity index is 795. The second-order valence-electron chi connectivity index (χ2n) is 7.74. The molecule has 2 aromatic rings. The number of anilines is 3. The number of ether oxygens (including phenoxy) is 1. The van der Waals surface area contributed by atoms with Gasteiger partial charge in [0.25, 0.3) is 5.91 Å². The number of nitrogens with zero attached hydrogens (tertiary/aromatic N) is 3. The van der Waals surface area contributed by atoms with Crippen LogP contribution in [0.3, 0.4) is 0 Å². The molecule has 0 aliphatic carbocycles. The van der Waals surface area contributed by atoms with Crippen LogP contribution in [0.25, 0.3) is 0 Å². The van der Waals surface area contributed by atoms with Crippen molar-refractivity contribution >= 4 is 23.0 Å². The normalized spacial score (nSPS) is 19.9. The Morgan fingerprint density at radius 3 is 2.52 bits per heavy atom. The van der Waals surface area contributed by atoms with Crippen LogP contribution < -0.4 is 15.5 Å². The van der Waals surface area contributed by atoms with Gasteiger partial charge >= 0.3 is 0 Å². The minimum absolute atomic E-state index is 0.206. The van der Waals surface area contributed by atoms with Gasteiger partial charge in [0.05, 0.1) is 18.0 Å². The van der Waals surface area contributed by atoms with Gasteiger partial charge in [0.15, 0.2) is 0 Å². The van der Waals surface area contributed by atoms with Gasteiger partial charge in [-0.1, -0.05) is 0 Å². The zero-order valence-corrected chi connectivity index (χ0v) is 16.9. The number of hydrogen-bond donors (Lipinski definition) is 2. The monoisotopic (exact) mass is 395 g/mol. The smallest absolute Gasteiger partial charge is 0.274 e. The molecule has 4 rings (SSSR count). The van der Waals surface area contributed by atoms with Crippen molar-refractivity contribution in [3.8, 4) is 0 Å². The van der Waals surface area contributed by atoms with Crippen LogP contribution in [0.5, 0.6) is 0 Å². The lowest BCUT2D eigenvalue weighted by molar-refractivity contribution is 0.102. The molecule has 7 nitrogen and oxygen atoms in total. The van der Waals surface area contributed by atoms with Gasteiger partial charge in [-0.3, -0.25) is 4.79 Å². The summed E-state index contributed by atoms with van der Waals surface area (Å²) in [5.41, 5.74) is 3.26. The second kappa shape index (κ2) is 9.24. The van der Waals surface area contributed by atoms with E-state index in [4.69, 9.17) is 4.74 Å². The van der Waals surface area contributed by atoms with Crippen LogP contribution in [0.4, 0.5) is 17.1 Å². The number of piperazine rings is 1. The molecule has 1 unspecified atom stereocenters. The zero-order chi connectivity index (χ0) is 20.1. The van der Waals surface area contributed by atoms with Gasteiger partial charge in [0.1, 0.15) is 5.69 Å². The number of aromatic nitrogens is 1. The average Bonchev–Trinajstić information content (AvgIpc) is 3.27. The Labute approximate surface area is 172 Å². The topological polar surface area (TPSA) is 69.7 Å². The summed E-state index contributed by atoms with van der Waals surface area (Å²) < 4.78 is 5.60. The van der Waals surface area contributed by atoms with Crippen LogP contribution in [-0.4, -0.2) is 68.3 Å². The molecule has 2 N–H and O–H groups in total. The number of rotatable bonds is 6. The molecule has 1 aromatic heterocycles. The van der Waals surface area contributed by atoms with Crippen LogP contribution in [0.15, 0.2) is 42.6 Å². The number of nitrogens with one attached hydrogen (secondary N) is 2. The summed E-state index contributed by atoms with van der Waals surface area (Å²) in [4.78, 5) is 21.5. The lowest BCUT2D eigenvalue weighted by atomic mass is 10.2. The predicted molar refractivity (Wildman–Crippen MR) is 116 cm³/mol. The third kappa shape index (κ3) is 5.25. The fraction of sp³-hybridized carbons (Fsp3) is 0.455. The summed E-state index contributed by atoms with van der Waals surface area (Å²) in [6.45, 7) is 5.82. The second-order valence-corrected chi connectivity index (χ2v) is 7.74. The Hall–Kier alpha value is -2.64. The lowest BCUT2D eigenvalue weighted by Crippen LogP contribution is -2.44. The molecule has 29 heavy (non-hydrogen) atoms. The molecule has 1 amide bonds. The van der Waals surface area contributed by atoms with Crippen molar-refractivity contribution in [2.24, 2.45) is 0 Å². The van der Waals surface area contributed by atoms with Crippen LogP contribution in [0, 0.1) is 0 Å². The Kier molecular flexibility index (Phi) is 6.27. The Morgan fingerprint density at radius 1 is 1.10 bits per heavy atom. The molecule has 2 fully saturated rings. The first-order valence-corrected chi connectivity index (χ1v) is 10.3. The molecule has 154 valence electrons. The maximum Gasteiger partial charge on any atom is 0.274 e. The number of amides is 1. The predicted octanol–water partition coefficient (Wildman–Crippen LogP) is 2.68. The molecule has 2 aliphatic heterocycles. The van der Waals surface area contributed by atoms with Crippen LogP contribution in [0.2, 0.25) is 0 Å². The molecule has 0 spiro atoms. The molecular formula is C22H29N5O2. The molecule has 1 atom stereocenters. The summed E-state index contributed by atoms with van der Waals surface area (Å²) in [6.07, 6.45) is 4.18. The Balaban J connectivity index is 1.29. The van der Waals surface area contributed by atoms with Crippen LogP contribution in [-0.2, 0) is 4.74 Å². The zero-order valence-electron chi connectivity index (χ0n) is 16.9. The van der Waals surface area contributed by atoms with E-state index in [0.29, 0.717) is 5.69 Å². The number of hydrogen-bond acceptors (Lipinski definition) is 6. The van der Waals surface area contributed by atoms with Crippen LogP contribution >= 0.6 is 0 Å². The van der Waals surface area contributed by atoms with E-state index in [1.54, 1.807) is 12.3 Å². The average molecular weight is 396 g/mol. The van der Waals surface area contributed by atoms with Gasteiger partial charge < -0.3 is 25.2 Å². The highest BCUT2D eigenvalue weighted by Gasteiger charge is 2.16. The minimum atomic E-state index is -0.206. The molecular weight excluding hydrogens is 366 g/mol. The van der Waals surface area contributed by atoms with Crippen molar-refractivity contribution in [2.75, 3.05) is 61.9 Å². The van der Waals surface area contributed by atoms with Gasteiger partial charge in [0, 0.05) is 50.7 Å². The van der Waals surface area contributed by atoms with Crippen molar-refractivity contribution in [3.63, 3.8) is 0 Å². The third-order valence-corrected chi connectivity index (χ3v) is 5.55. The SMILES string of the molecule is CN1CCN(c2ccc(NC(=O)c3ccc(NCC4CCCO4)cn3)cc2)CC1. The van der Waals surface area contributed by atoms with Crippen molar-refractivity contribution in [2.45, 2.75) is 18.9 Å². The van der Waals surface area contributed by atoms with E-state index in [-0.39, 0.29) is 12.0 Å². The van der Waals surface area contributed by atoms with Crippen molar-refractivity contribution in [1.29, 1.82) is 0 Å². The van der Waals surface area contributed by atoms with E-state index in [0.717, 1.165) is 63.5 Å². The number of benzene rings is 1. The standard InChI is InChI=1S/C22H29N5O2/c1-26-10-12-27(13-11-26)19-7-4-17(5-8-19)25-22(28)21-9-6-18(15-24-21)23-16-20-3-2-14-29-20/h4-9,15,20,23H,2-3,10-14,16H2,1H3,(H,25,28). The minimum Gasteiger partial charge on any atom is -0.381 e. The van der Waals surface area contributed by atoms with Crippen molar-refractivity contribution in [1.82, 2.24) is 9.88 Å². The fourth-order valence-corrected chi connectivity index (χ4v) is 3.69. The summed E-state index contributed by atoms with van der Waals surface area (Å²) in [5.74, 6) is -0.206. The van der Waals surface area contributed by atoms with E-state index in [9.17, 15) is 4.79 Å². The first-order chi connectivity index (χ1) is 14.2. The molecule has 7 heteroatoms. The summed E-state index contributed by atoms with van der Waals surface area (Å²) in [7, 11) is 2.15. The Morgan fingerprint density at radius 2 is 1.86 bits per heavy atom. The van der Waals surface area contributed by atoms with E-state index < -0.39 is 0 Å². The molecule has 2 saturated heterocycles. The largest absolute Gasteiger partial charge is 0.381 e. The third-order valence-electron chi connectivity index (χ3n) is 5.55. The van der Waals surface area contributed by atoms with Gasteiger partial charge in [-0.15, -0.1) is 0 Å². The van der Waals surface area contributed by atoms with Crippen LogP contribution in [0.1, 0.15) is 23.3 Å². The van der Waals surface area contributed by atoms with E-state index in [1.165, 1.54) is 5.69 Å². The first kappa shape index (κ1) is 19.7. The summed E-state index contributed by atoms with van der Waals surface area (Å²) in [5, 5.41) is 6.24. The molecule has 0 saturated carbocycles. The number of carbonyl (C=O) groups excluding carboxylic acids is 1. The molecule has 1 aromatic carbocycles. The number of carbonyl (C=O) groups is 1. The number of pyridine rings is 1.